The Morgan fingerprint density at radius 3 is 2.49 bits per heavy atom. The van der Waals surface area contributed by atoms with Gasteiger partial charge in [-0.1, -0.05) is 60.7 Å². The maximum atomic E-state index is 10.6. The van der Waals surface area contributed by atoms with Crippen LogP contribution in [0.5, 0.6) is 0 Å². The van der Waals surface area contributed by atoms with Crippen LogP contribution in [0.2, 0.25) is 0 Å². The van der Waals surface area contributed by atoms with Gasteiger partial charge >= 0.3 is 0 Å². The Hall–Kier alpha value is -4.09. The van der Waals surface area contributed by atoms with Crippen molar-refractivity contribution in [2.45, 2.75) is 31.1 Å². The first-order valence-electron chi connectivity index (χ1n) is 12.0. The highest BCUT2D eigenvalue weighted by Crippen LogP contribution is 2.33. The molecule has 3 aromatic carbocycles. The fourth-order valence-electron chi connectivity index (χ4n) is 4.67. The van der Waals surface area contributed by atoms with Gasteiger partial charge in [-0.2, -0.15) is 9.97 Å². The van der Waals surface area contributed by atoms with E-state index in [0.29, 0.717) is 29.5 Å². The Bertz CT molecular complexity index is 1540. The number of aliphatic hydroxyl groups is 3. The number of anilines is 3. The number of aliphatic hydroxyl groups excluding tert-OH is 3. The molecule has 1 aliphatic rings. The number of rotatable bonds is 7. The lowest BCUT2D eigenvalue weighted by atomic mass is 10.0. The molecule has 0 aliphatic carbocycles. The van der Waals surface area contributed by atoms with E-state index in [0.717, 1.165) is 22.0 Å². The highest BCUT2D eigenvalue weighted by atomic mass is 16.6. The molecule has 0 amide bonds. The molecule has 1 aliphatic heterocycles. The zero-order valence-corrected chi connectivity index (χ0v) is 19.8. The number of hydrogen-bond donors (Lipinski definition) is 5. The first-order valence-corrected chi connectivity index (χ1v) is 12.0. The first kappa shape index (κ1) is 23.3. The largest absolute Gasteiger partial charge is 0.394 e. The van der Waals surface area contributed by atoms with Crippen LogP contribution in [0.1, 0.15) is 11.8 Å². The molecular formula is C27H26N6O4. The van der Waals surface area contributed by atoms with Gasteiger partial charge < -0.3 is 30.7 Å². The van der Waals surface area contributed by atoms with Crippen molar-refractivity contribution in [3.05, 3.63) is 84.7 Å². The molecule has 0 spiro atoms. The van der Waals surface area contributed by atoms with Gasteiger partial charge in [0.05, 0.1) is 12.9 Å². The topological polar surface area (TPSA) is 138 Å². The van der Waals surface area contributed by atoms with Crippen LogP contribution < -0.4 is 10.6 Å². The minimum Gasteiger partial charge on any atom is -0.394 e. The van der Waals surface area contributed by atoms with Crippen LogP contribution in [0.4, 0.5) is 17.5 Å². The lowest BCUT2D eigenvalue weighted by Crippen LogP contribution is -2.33. The van der Waals surface area contributed by atoms with E-state index in [1.165, 1.54) is 6.33 Å². The van der Waals surface area contributed by atoms with Crippen molar-refractivity contribution in [3.63, 3.8) is 0 Å². The van der Waals surface area contributed by atoms with Gasteiger partial charge in [-0.15, -0.1) is 0 Å². The first-order chi connectivity index (χ1) is 18.1. The lowest BCUT2D eigenvalue weighted by molar-refractivity contribution is -0.0511. The molecule has 5 aromatic rings. The number of hydrogen-bond acceptors (Lipinski definition) is 9. The van der Waals surface area contributed by atoms with Gasteiger partial charge in [-0.3, -0.25) is 4.57 Å². The summed E-state index contributed by atoms with van der Waals surface area (Å²) in [7, 11) is 0. The molecule has 37 heavy (non-hydrogen) atoms. The van der Waals surface area contributed by atoms with Crippen molar-refractivity contribution in [3.8, 4) is 0 Å². The van der Waals surface area contributed by atoms with E-state index in [1.54, 1.807) is 4.57 Å². The fourth-order valence-corrected chi connectivity index (χ4v) is 4.67. The van der Waals surface area contributed by atoms with Crippen molar-refractivity contribution in [1.82, 2.24) is 19.5 Å². The standard InChI is InChI=1S/C27H26N6O4/c34-14-20-22(35)23(36)26(37-20)33-15-29-21-24(28-13-17-9-6-8-16-7-4-5-12-19(16)17)31-27(32-25(21)33)30-18-10-2-1-3-11-18/h1-12,15,20,22-23,26,34-36H,13-14H2,(H2,28,30,31,32)/t20-,22-,23-,26?/m1/s1. The zero-order chi connectivity index (χ0) is 25.4. The summed E-state index contributed by atoms with van der Waals surface area (Å²) in [5.74, 6) is 0.828. The van der Waals surface area contributed by atoms with Crippen LogP contribution in [0, 0.1) is 0 Å². The number of nitrogens with zero attached hydrogens (tertiary/aromatic N) is 4. The molecule has 2 aromatic heterocycles. The van der Waals surface area contributed by atoms with Crippen molar-refractivity contribution in [2.24, 2.45) is 0 Å². The van der Waals surface area contributed by atoms with Gasteiger partial charge in [0.15, 0.2) is 23.2 Å². The summed E-state index contributed by atoms with van der Waals surface area (Å²) >= 11 is 0. The Morgan fingerprint density at radius 1 is 0.892 bits per heavy atom. The van der Waals surface area contributed by atoms with Gasteiger partial charge in [0.1, 0.15) is 18.3 Å². The summed E-state index contributed by atoms with van der Waals surface area (Å²) in [6.45, 7) is 0.0773. The predicted molar refractivity (Wildman–Crippen MR) is 139 cm³/mol. The molecule has 5 N–H and O–H groups in total. The van der Waals surface area contributed by atoms with Crippen LogP contribution in [0.3, 0.4) is 0 Å². The Labute approximate surface area is 212 Å². The van der Waals surface area contributed by atoms with E-state index in [4.69, 9.17) is 9.72 Å². The number of fused-ring (bicyclic) bond motifs is 2. The molecule has 0 radical (unpaired) electrons. The Balaban J connectivity index is 1.39. The number of nitrogens with one attached hydrogen (secondary N) is 2. The van der Waals surface area contributed by atoms with Gasteiger partial charge in [0.25, 0.3) is 0 Å². The third-order valence-corrected chi connectivity index (χ3v) is 6.57. The van der Waals surface area contributed by atoms with Crippen LogP contribution in [-0.2, 0) is 11.3 Å². The van der Waals surface area contributed by atoms with Crippen LogP contribution >= 0.6 is 0 Å². The fraction of sp³-hybridized carbons (Fsp3) is 0.222. The molecular weight excluding hydrogens is 472 g/mol. The molecule has 1 fully saturated rings. The lowest BCUT2D eigenvalue weighted by Gasteiger charge is -2.17. The van der Waals surface area contributed by atoms with E-state index < -0.39 is 31.1 Å². The molecule has 1 saturated heterocycles. The maximum absolute atomic E-state index is 10.6. The normalized spacial score (nSPS) is 21.5. The SMILES string of the molecule is OC[C@H]1OC(n2cnc3c(NCc4cccc5ccccc45)nc(Nc4ccccc4)nc32)[C@H](O)[C@@H]1O. The third-order valence-electron chi connectivity index (χ3n) is 6.57. The molecule has 188 valence electrons. The van der Waals surface area contributed by atoms with Gasteiger partial charge in [-0.25, -0.2) is 4.98 Å². The number of aromatic nitrogens is 4. The molecule has 0 bridgehead atoms. The van der Waals surface area contributed by atoms with E-state index in [1.807, 2.05) is 48.5 Å². The Morgan fingerprint density at radius 2 is 1.68 bits per heavy atom. The average Bonchev–Trinajstić information content (AvgIpc) is 3.48. The molecule has 3 heterocycles. The predicted octanol–water partition coefficient (Wildman–Crippen LogP) is 2.95. The highest BCUT2D eigenvalue weighted by molar-refractivity contribution is 5.87. The number of ether oxygens (including phenoxy) is 1. The van der Waals surface area contributed by atoms with Crippen molar-refractivity contribution >= 4 is 39.4 Å². The number of benzene rings is 3. The summed E-state index contributed by atoms with van der Waals surface area (Å²) in [5, 5.41) is 39.3. The van der Waals surface area contributed by atoms with Crippen LogP contribution in [-0.4, -0.2) is 59.8 Å². The second kappa shape index (κ2) is 9.75. The van der Waals surface area contributed by atoms with E-state index >= 15 is 0 Å². The quantitative estimate of drug-likeness (QED) is 0.229. The van der Waals surface area contributed by atoms with Gasteiger partial charge in [0, 0.05) is 12.2 Å². The van der Waals surface area contributed by atoms with E-state index in [2.05, 4.69) is 44.9 Å². The van der Waals surface area contributed by atoms with Crippen LogP contribution in [0.25, 0.3) is 21.9 Å². The average molecular weight is 499 g/mol. The molecule has 10 heteroatoms. The van der Waals surface area contributed by atoms with E-state index in [9.17, 15) is 15.3 Å². The smallest absolute Gasteiger partial charge is 0.231 e. The Kier molecular flexibility index (Phi) is 6.15. The molecule has 4 atom stereocenters. The molecule has 6 rings (SSSR count). The molecule has 1 unspecified atom stereocenters. The minimum atomic E-state index is -1.26. The third kappa shape index (κ3) is 4.36. The maximum Gasteiger partial charge on any atom is 0.231 e. The minimum absolute atomic E-state index is 0.326. The van der Waals surface area contributed by atoms with Crippen molar-refractivity contribution < 1.29 is 20.1 Å². The summed E-state index contributed by atoms with van der Waals surface area (Å²) in [6, 6.07) is 23.9. The summed E-state index contributed by atoms with van der Waals surface area (Å²) in [6.07, 6.45) is -2.88. The van der Waals surface area contributed by atoms with Crippen molar-refractivity contribution in [2.75, 3.05) is 17.2 Å². The highest BCUT2D eigenvalue weighted by Gasteiger charge is 2.44. The van der Waals surface area contributed by atoms with Gasteiger partial charge in [0.2, 0.25) is 5.95 Å². The zero-order valence-electron chi connectivity index (χ0n) is 19.8. The second-order valence-corrected chi connectivity index (χ2v) is 8.93. The number of imidazole rings is 1. The molecule has 0 saturated carbocycles. The summed E-state index contributed by atoms with van der Waals surface area (Å²) < 4.78 is 7.29. The number of para-hydroxylation sites is 1. The van der Waals surface area contributed by atoms with E-state index in [-0.39, 0.29) is 0 Å². The monoisotopic (exact) mass is 498 g/mol. The van der Waals surface area contributed by atoms with Crippen LogP contribution in [0.15, 0.2) is 79.1 Å². The summed E-state index contributed by atoms with van der Waals surface area (Å²) in [5.41, 5.74) is 2.80. The second-order valence-electron chi connectivity index (χ2n) is 8.93. The van der Waals surface area contributed by atoms with Crippen molar-refractivity contribution in [1.29, 1.82) is 0 Å². The van der Waals surface area contributed by atoms with Gasteiger partial charge in [-0.05, 0) is 28.5 Å². The summed E-state index contributed by atoms with van der Waals surface area (Å²) in [4.78, 5) is 13.9. The molecule has 10 nitrogen and oxygen atoms in total.